The van der Waals surface area contributed by atoms with E-state index in [0.717, 1.165) is 0 Å². The summed E-state index contributed by atoms with van der Waals surface area (Å²) in [7, 11) is 0.311. The maximum Gasteiger partial charge on any atom is 0.0182 e. The van der Waals surface area contributed by atoms with Crippen LogP contribution in [-0.4, -0.2) is 34.1 Å². The molecule has 0 aromatic carbocycles. The Kier molecular flexibility index (Phi) is 6.42. The predicted octanol–water partition coefficient (Wildman–Crippen LogP) is 0.963. The van der Waals surface area contributed by atoms with Gasteiger partial charge in [-0.05, 0) is 19.6 Å². The maximum atomic E-state index is 2.50. The zero-order chi connectivity index (χ0) is 7.11. The molecule has 0 rings (SSSR count). The van der Waals surface area contributed by atoms with Crippen LogP contribution in [0.3, 0.4) is 0 Å². The van der Waals surface area contributed by atoms with Gasteiger partial charge in [0.2, 0.25) is 0 Å². The van der Waals surface area contributed by atoms with Crippen LogP contribution in [0.5, 0.6) is 0 Å². The molecule has 9 heavy (non-hydrogen) atoms. The minimum Gasteiger partial charge on any atom is -0.304 e. The molecule has 0 aliphatic heterocycles. The predicted molar refractivity (Wildman–Crippen MR) is 47.0 cm³/mol. The van der Waals surface area contributed by atoms with E-state index in [9.17, 15) is 0 Å². The maximum absolute atomic E-state index is 2.50. The summed E-state index contributed by atoms with van der Waals surface area (Å²) in [6.07, 6.45) is 0. The van der Waals surface area contributed by atoms with Gasteiger partial charge in [0.15, 0.2) is 0 Å². The summed E-state index contributed by atoms with van der Waals surface area (Å²) in [5.41, 5.74) is 0. The third kappa shape index (κ3) is 4.67. The molecule has 0 aromatic rings. The highest BCUT2D eigenvalue weighted by Crippen LogP contribution is 1.89. The zero-order valence-corrected chi connectivity index (χ0v) is 8.40. The van der Waals surface area contributed by atoms with Crippen LogP contribution in [-0.2, 0) is 0 Å². The fourth-order valence-electron chi connectivity index (χ4n) is 0.922. The summed E-state index contributed by atoms with van der Waals surface area (Å²) in [5.74, 6) is 0. The first-order chi connectivity index (χ1) is 4.35. The van der Waals surface area contributed by atoms with Crippen molar-refractivity contribution in [3.63, 3.8) is 0 Å². The van der Waals surface area contributed by atoms with Gasteiger partial charge in [-0.2, -0.15) is 0 Å². The highest BCUT2D eigenvalue weighted by Gasteiger charge is 1.94. The van der Waals surface area contributed by atoms with Gasteiger partial charge in [0.25, 0.3) is 0 Å². The normalized spacial score (nSPS) is 12.0. The first kappa shape index (κ1) is 9.18. The number of rotatable bonds is 5. The van der Waals surface area contributed by atoms with Crippen molar-refractivity contribution < 1.29 is 0 Å². The molecule has 0 N–H and O–H groups in total. The van der Waals surface area contributed by atoms with Gasteiger partial charge in [-0.1, -0.05) is 26.4 Å². The summed E-state index contributed by atoms with van der Waals surface area (Å²) >= 11 is 0. The lowest BCUT2D eigenvalue weighted by Crippen LogP contribution is -2.24. The molecule has 0 bridgehead atoms. The summed E-state index contributed by atoms with van der Waals surface area (Å²) in [4.78, 5) is 2.50. The van der Waals surface area contributed by atoms with Gasteiger partial charge in [-0.15, -0.1) is 0 Å². The molecular formula is C7H19NSi. The van der Waals surface area contributed by atoms with Crippen molar-refractivity contribution in [1.82, 2.24) is 4.90 Å². The van der Waals surface area contributed by atoms with Crippen molar-refractivity contribution >= 4 is 9.52 Å². The molecule has 0 amide bonds. The van der Waals surface area contributed by atoms with Crippen LogP contribution in [0.4, 0.5) is 0 Å². The Balaban J connectivity index is 3.09. The lowest BCUT2D eigenvalue weighted by atomic mass is 10.5. The van der Waals surface area contributed by atoms with Crippen LogP contribution in [0.1, 0.15) is 13.8 Å². The monoisotopic (exact) mass is 145 g/mol. The van der Waals surface area contributed by atoms with Gasteiger partial charge in [0.05, 0.1) is 0 Å². The summed E-state index contributed by atoms with van der Waals surface area (Å²) in [6.45, 7) is 10.6. The Morgan fingerprint density at radius 1 is 1.22 bits per heavy atom. The van der Waals surface area contributed by atoms with Crippen LogP contribution >= 0.6 is 0 Å². The molecule has 56 valence electrons. The van der Waals surface area contributed by atoms with Crippen molar-refractivity contribution in [1.29, 1.82) is 0 Å². The van der Waals surface area contributed by atoms with Gasteiger partial charge < -0.3 is 4.90 Å². The standard InChI is InChI=1S/C7H19NSi/c1-4-8(5-2)6-7-9-3/h4-7,9H2,1-3H3. The lowest BCUT2D eigenvalue weighted by molar-refractivity contribution is 0.321. The van der Waals surface area contributed by atoms with Crippen molar-refractivity contribution in [2.45, 2.75) is 26.4 Å². The van der Waals surface area contributed by atoms with Crippen LogP contribution in [0.25, 0.3) is 0 Å². The third-order valence-corrected chi connectivity index (χ3v) is 2.75. The molecular weight excluding hydrogens is 126 g/mol. The molecule has 0 saturated heterocycles. The van der Waals surface area contributed by atoms with E-state index in [2.05, 4.69) is 25.3 Å². The molecule has 0 unspecified atom stereocenters. The summed E-state index contributed by atoms with van der Waals surface area (Å²) in [5, 5.41) is 0. The Labute approximate surface area is 61.3 Å². The molecule has 0 radical (unpaired) electrons. The Morgan fingerprint density at radius 3 is 2.11 bits per heavy atom. The van der Waals surface area contributed by atoms with Crippen molar-refractivity contribution in [3.05, 3.63) is 0 Å². The largest absolute Gasteiger partial charge is 0.304 e. The fourth-order valence-corrected chi connectivity index (χ4v) is 1.68. The molecule has 1 nitrogen and oxygen atoms in total. The smallest absolute Gasteiger partial charge is 0.0182 e. The average molecular weight is 145 g/mol. The van der Waals surface area contributed by atoms with E-state index >= 15 is 0 Å². The van der Waals surface area contributed by atoms with Crippen molar-refractivity contribution in [2.24, 2.45) is 0 Å². The lowest BCUT2D eigenvalue weighted by Gasteiger charge is -2.16. The zero-order valence-electron chi connectivity index (χ0n) is 6.98. The Morgan fingerprint density at radius 2 is 1.78 bits per heavy atom. The second kappa shape index (κ2) is 6.30. The minimum absolute atomic E-state index is 0.311. The molecule has 0 atom stereocenters. The van der Waals surface area contributed by atoms with Crippen molar-refractivity contribution in [2.75, 3.05) is 19.6 Å². The molecule has 0 fully saturated rings. The van der Waals surface area contributed by atoms with Gasteiger partial charge in [0, 0.05) is 9.52 Å². The van der Waals surface area contributed by atoms with Gasteiger partial charge >= 0.3 is 0 Å². The Hall–Kier alpha value is 0.177. The number of hydrogen-bond donors (Lipinski definition) is 0. The number of nitrogens with zero attached hydrogens (tertiary/aromatic N) is 1. The van der Waals surface area contributed by atoms with E-state index in [1.165, 1.54) is 25.7 Å². The van der Waals surface area contributed by atoms with Gasteiger partial charge in [-0.25, -0.2) is 0 Å². The topological polar surface area (TPSA) is 3.24 Å². The van der Waals surface area contributed by atoms with Crippen LogP contribution < -0.4 is 0 Å². The SMILES string of the molecule is CCN(CC)CC[SiH2]C. The van der Waals surface area contributed by atoms with E-state index in [1.54, 1.807) is 0 Å². The average Bonchev–Trinajstić information content (AvgIpc) is 1.91. The molecule has 0 heterocycles. The molecule has 0 aliphatic rings. The van der Waals surface area contributed by atoms with E-state index < -0.39 is 0 Å². The number of hydrogen-bond acceptors (Lipinski definition) is 1. The van der Waals surface area contributed by atoms with Gasteiger partial charge in [-0.3, -0.25) is 0 Å². The van der Waals surface area contributed by atoms with Crippen LogP contribution in [0.2, 0.25) is 12.6 Å². The minimum atomic E-state index is 0.311. The van der Waals surface area contributed by atoms with E-state index in [4.69, 9.17) is 0 Å². The quantitative estimate of drug-likeness (QED) is 0.521. The van der Waals surface area contributed by atoms with Gasteiger partial charge in [0.1, 0.15) is 0 Å². The fraction of sp³-hybridized carbons (Fsp3) is 1.00. The van der Waals surface area contributed by atoms with E-state index in [1.807, 2.05) is 0 Å². The van der Waals surface area contributed by atoms with Crippen LogP contribution in [0.15, 0.2) is 0 Å². The molecule has 0 aromatic heterocycles. The first-order valence-corrected chi connectivity index (χ1v) is 6.48. The summed E-state index contributed by atoms with van der Waals surface area (Å²) in [6, 6.07) is 1.49. The second-order valence-corrected chi connectivity index (χ2v) is 4.09. The third-order valence-electron chi connectivity index (χ3n) is 1.72. The highest BCUT2D eigenvalue weighted by molar-refractivity contribution is 6.33. The molecule has 0 aliphatic carbocycles. The molecule has 0 spiro atoms. The molecule has 0 saturated carbocycles. The first-order valence-electron chi connectivity index (χ1n) is 4.07. The highest BCUT2D eigenvalue weighted by atomic mass is 28.2. The van der Waals surface area contributed by atoms with E-state index in [0.29, 0.717) is 9.52 Å². The van der Waals surface area contributed by atoms with Crippen LogP contribution in [0, 0.1) is 0 Å². The summed E-state index contributed by atoms with van der Waals surface area (Å²) < 4.78 is 0. The van der Waals surface area contributed by atoms with E-state index in [-0.39, 0.29) is 0 Å². The second-order valence-electron chi connectivity index (χ2n) is 2.38. The van der Waals surface area contributed by atoms with Crippen molar-refractivity contribution in [3.8, 4) is 0 Å². The Bertz CT molecular complexity index is 52.9. The molecule has 2 heteroatoms.